The van der Waals surface area contributed by atoms with Crippen LogP contribution in [0.15, 0.2) is 60.7 Å². The summed E-state index contributed by atoms with van der Waals surface area (Å²) >= 11 is 0. The standard InChI is InChI=1S/C24H23NO4/c1-16-22-20(14-18(15-21(22)26)17-8-4-2-5-9-17)25-23(16)24(27)29-13-12-28-19-10-6-3-7-11-19/h2-11,18,25H,12-15H2,1H3/t18-/m1/s1. The molecule has 5 heteroatoms. The molecular formula is C24H23NO4. The molecule has 0 bridgehead atoms. The smallest absolute Gasteiger partial charge is 0.355 e. The quantitative estimate of drug-likeness (QED) is 0.499. The van der Waals surface area contributed by atoms with Gasteiger partial charge in [0.25, 0.3) is 0 Å². The summed E-state index contributed by atoms with van der Waals surface area (Å²) in [4.78, 5) is 28.4. The maximum absolute atomic E-state index is 12.8. The van der Waals surface area contributed by atoms with Crippen LogP contribution >= 0.6 is 0 Å². The number of aromatic amines is 1. The number of ether oxygens (including phenoxy) is 2. The van der Waals surface area contributed by atoms with Gasteiger partial charge in [0.05, 0.1) is 0 Å². The lowest BCUT2D eigenvalue weighted by Gasteiger charge is -2.22. The van der Waals surface area contributed by atoms with Gasteiger partial charge in [-0.1, -0.05) is 48.5 Å². The van der Waals surface area contributed by atoms with Crippen LogP contribution in [0.25, 0.3) is 0 Å². The number of hydrogen-bond acceptors (Lipinski definition) is 4. The zero-order valence-electron chi connectivity index (χ0n) is 16.3. The van der Waals surface area contributed by atoms with Gasteiger partial charge < -0.3 is 14.5 Å². The van der Waals surface area contributed by atoms with E-state index in [-0.39, 0.29) is 24.9 Å². The summed E-state index contributed by atoms with van der Waals surface area (Å²) in [6, 6.07) is 19.4. The molecule has 1 N–H and O–H groups in total. The van der Waals surface area contributed by atoms with Gasteiger partial charge in [-0.25, -0.2) is 4.79 Å². The fourth-order valence-electron chi connectivity index (χ4n) is 3.88. The topological polar surface area (TPSA) is 68.4 Å². The minimum atomic E-state index is -0.461. The first-order valence-electron chi connectivity index (χ1n) is 9.78. The number of carbonyl (C=O) groups is 2. The minimum Gasteiger partial charge on any atom is -0.490 e. The third kappa shape index (κ3) is 4.09. The second-order valence-corrected chi connectivity index (χ2v) is 7.22. The van der Waals surface area contributed by atoms with Gasteiger partial charge in [0.15, 0.2) is 5.78 Å². The van der Waals surface area contributed by atoms with Crippen molar-refractivity contribution in [3.8, 4) is 5.75 Å². The summed E-state index contributed by atoms with van der Waals surface area (Å²) in [5.41, 5.74) is 3.63. The highest BCUT2D eigenvalue weighted by atomic mass is 16.6. The Bertz CT molecular complexity index is 1010. The second kappa shape index (κ2) is 8.35. The van der Waals surface area contributed by atoms with Crippen molar-refractivity contribution < 1.29 is 19.1 Å². The van der Waals surface area contributed by atoms with E-state index in [1.807, 2.05) is 60.7 Å². The van der Waals surface area contributed by atoms with Crippen molar-refractivity contribution in [2.45, 2.75) is 25.7 Å². The van der Waals surface area contributed by atoms with Gasteiger partial charge in [0.1, 0.15) is 24.7 Å². The van der Waals surface area contributed by atoms with Crippen LogP contribution in [0, 0.1) is 6.92 Å². The van der Waals surface area contributed by atoms with E-state index in [1.165, 1.54) is 0 Å². The molecule has 148 valence electrons. The van der Waals surface area contributed by atoms with E-state index in [9.17, 15) is 9.59 Å². The van der Waals surface area contributed by atoms with Crippen LogP contribution in [-0.2, 0) is 11.2 Å². The van der Waals surface area contributed by atoms with Crippen LogP contribution in [-0.4, -0.2) is 30.0 Å². The lowest BCUT2D eigenvalue weighted by Crippen LogP contribution is -2.18. The van der Waals surface area contributed by atoms with Crippen LogP contribution in [0.3, 0.4) is 0 Å². The third-order valence-electron chi connectivity index (χ3n) is 5.29. The van der Waals surface area contributed by atoms with Crippen molar-refractivity contribution >= 4 is 11.8 Å². The Labute approximate surface area is 169 Å². The molecule has 1 atom stereocenters. The fourth-order valence-corrected chi connectivity index (χ4v) is 3.88. The molecule has 0 saturated heterocycles. The van der Waals surface area contributed by atoms with Crippen molar-refractivity contribution in [2.24, 2.45) is 0 Å². The fraction of sp³-hybridized carbons (Fsp3) is 0.250. The predicted octanol–water partition coefficient (Wildman–Crippen LogP) is 4.47. The van der Waals surface area contributed by atoms with Crippen LogP contribution in [0.2, 0.25) is 0 Å². The number of esters is 1. The van der Waals surface area contributed by atoms with E-state index in [0.717, 1.165) is 17.0 Å². The Morgan fingerprint density at radius 1 is 1.00 bits per heavy atom. The lowest BCUT2D eigenvalue weighted by molar-refractivity contribution is 0.0443. The lowest BCUT2D eigenvalue weighted by atomic mass is 9.81. The largest absolute Gasteiger partial charge is 0.490 e. The van der Waals surface area contributed by atoms with E-state index in [0.29, 0.717) is 29.7 Å². The predicted molar refractivity (Wildman–Crippen MR) is 110 cm³/mol. The Balaban J connectivity index is 1.42. The maximum Gasteiger partial charge on any atom is 0.355 e. The highest BCUT2D eigenvalue weighted by molar-refractivity contribution is 6.03. The summed E-state index contributed by atoms with van der Waals surface area (Å²) in [6.07, 6.45) is 1.16. The number of carbonyl (C=O) groups excluding carboxylic acids is 2. The molecule has 0 saturated carbocycles. The van der Waals surface area contributed by atoms with Crippen LogP contribution in [0.4, 0.5) is 0 Å². The van der Waals surface area contributed by atoms with Gasteiger partial charge in [-0.3, -0.25) is 4.79 Å². The maximum atomic E-state index is 12.8. The molecule has 1 aliphatic carbocycles. The molecular weight excluding hydrogens is 366 g/mol. The Morgan fingerprint density at radius 2 is 1.69 bits per heavy atom. The summed E-state index contributed by atoms with van der Waals surface area (Å²) in [5.74, 6) is 0.461. The number of aromatic nitrogens is 1. The SMILES string of the molecule is Cc1c(C(=O)OCCOc2ccccc2)[nH]c2c1C(=O)C[C@H](c1ccccc1)C2. The Hall–Kier alpha value is -3.34. The van der Waals surface area contributed by atoms with Crippen molar-refractivity contribution in [3.05, 3.63) is 88.7 Å². The normalized spacial score (nSPS) is 15.6. The molecule has 0 aliphatic heterocycles. The molecule has 4 rings (SSSR count). The monoisotopic (exact) mass is 389 g/mol. The minimum absolute atomic E-state index is 0.0697. The summed E-state index contributed by atoms with van der Waals surface area (Å²) < 4.78 is 10.9. The number of benzene rings is 2. The van der Waals surface area contributed by atoms with Gasteiger partial charge >= 0.3 is 5.97 Å². The molecule has 3 aromatic rings. The molecule has 5 nitrogen and oxygen atoms in total. The van der Waals surface area contributed by atoms with Crippen LogP contribution in [0.5, 0.6) is 5.75 Å². The molecule has 29 heavy (non-hydrogen) atoms. The van der Waals surface area contributed by atoms with Crippen molar-refractivity contribution in [3.63, 3.8) is 0 Å². The molecule has 0 fully saturated rings. The van der Waals surface area contributed by atoms with E-state index in [1.54, 1.807) is 6.92 Å². The van der Waals surface area contributed by atoms with Gasteiger partial charge in [-0.05, 0) is 42.5 Å². The average molecular weight is 389 g/mol. The number of para-hydroxylation sites is 1. The first-order chi connectivity index (χ1) is 14.1. The number of nitrogens with one attached hydrogen (secondary N) is 1. The number of rotatable bonds is 6. The van der Waals surface area contributed by atoms with Crippen LogP contribution < -0.4 is 4.74 Å². The zero-order chi connectivity index (χ0) is 20.2. The van der Waals surface area contributed by atoms with Crippen LogP contribution in [0.1, 0.15) is 50.0 Å². The number of fused-ring (bicyclic) bond motifs is 1. The molecule has 0 spiro atoms. The zero-order valence-corrected chi connectivity index (χ0v) is 16.3. The number of hydrogen-bond donors (Lipinski definition) is 1. The van der Waals surface area contributed by atoms with Crippen molar-refractivity contribution in [1.82, 2.24) is 4.98 Å². The Morgan fingerprint density at radius 3 is 2.41 bits per heavy atom. The summed E-state index contributed by atoms with van der Waals surface area (Å²) in [5, 5.41) is 0. The van der Waals surface area contributed by atoms with Gasteiger partial charge in [-0.15, -0.1) is 0 Å². The van der Waals surface area contributed by atoms with E-state index in [2.05, 4.69) is 4.98 Å². The molecule has 1 aromatic heterocycles. The highest BCUT2D eigenvalue weighted by Crippen LogP contribution is 2.35. The number of H-pyrrole nitrogens is 1. The van der Waals surface area contributed by atoms with E-state index in [4.69, 9.17) is 9.47 Å². The number of Topliss-reactive ketones (excluding diaryl/α,β-unsaturated/α-hetero) is 1. The van der Waals surface area contributed by atoms with E-state index < -0.39 is 5.97 Å². The number of ketones is 1. The summed E-state index contributed by atoms with van der Waals surface area (Å²) in [7, 11) is 0. The highest BCUT2D eigenvalue weighted by Gasteiger charge is 2.32. The second-order valence-electron chi connectivity index (χ2n) is 7.22. The molecule has 1 aliphatic rings. The summed E-state index contributed by atoms with van der Waals surface area (Å²) in [6.45, 7) is 2.20. The van der Waals surface area contributed by atoms with E-state index >= 15 is 0 Å². The Kier molecular flexibility index (Phi) is 5.47. The molecule has 1 heterocycles. The third-order valence-corrected chi connectivity index (χ3v) is 5.29. The average Bonchev–Trinajstić information content (AvgIpc) is 3.09. The molecule has 2 aromatic carbocycles. The van der Waals surface area contributed by atoms with Gasteiger partial charge in [0.2, 0.25) is 0 Å². The van der Waals surface area contributed by atoms with Crippen molar-refractivity contribution in [2.75, 3.05) is 13.2 Å². The first-order valence-corrected chi connectivity index (χ1v) is 9.78. The van der Waals surface area contributed by atoms with Gasteiger partial charge in [0, 0.05) is 17.7 Å². The molecule has 0 radical (unpaired) electrons. The molecule has 0 amide bonds. The van der Waals surface area contributed by atoms with Crippen molar-refractivity contribution in [1.29, 1.82) is 0 Å². The first kappa shape index (κ1) is 19.0. The molecule has 0 unspecified atom stereocenters. The van der Waals surface area contributed by atoms with Gasteiger partial charge in [-0.2, -0.15) is 0 Å².